The van der Waals surface area contributed by atoms with Crippen LogP contribution in [-0.2, 0) is 16.0 Å². The molecule has 2 unspecified atom stereocenters. The number of carbonyl (C=O) groups is 1. The molecule has 2 rings (SSSR count). The molecule has 5 nitrogen and oxygen atoms in total. The van der Waals surface area contributed by atoms with Crippen LogP contribution in [-0.4, -0.2) is 26.2 Å². The molecule has 2 atom stereocenters. The molecule has 5 heteroatoms. The fraction of sp³-hybridized carbons (Fsp3) is 0.562. The second kappa shape index (κ2) is 6.91. The van der Waals surface area contributed by atoms with Gasteiger partial charge in [-0.15, -0.1) is 0 Å². The number of amides is 1. The number of nitrogens with one attached hydrogen (secondary N) is 1. The molecule has 0 saturated carbocycles. The lowest BCUT2D eigenvalue weighted by atomic mass is 9.92. The standard InChI is InChI=1S/C16H24N2O3/c1-4-11-7-12(10(2)17)16-13(8-11)14(5-6-21-16)18-15(19)9-20-3/h7-8,10,14H,4-6,9,17H2,1-3H3,(H,18,19). The maximum absolute atomic E-state index is 11.8. The molecule has 0 saturated heterocycles. The Labute approximate surface area is 125 Å². The van der Waals surface area contributed by atoms with Crippen LogP contribution in [0.5, 0.6) is 5.75 Å². The van der Waals surface area contributed by atoms with Gasteiger partial charge in [0, 0.05) is 30.7 Å². The van der Waals surface area contributed by atoms with Crippen LogP contribution in [0, 0.1) is 0 Å². The van der Waals surface area contributed by atoms with Gasteiger partial charge in [0.25, 0.3) is 0 Å². The van der Waals surface area contributed by atoms with Crippen molar-refractivity contribution in [1.29, 1.82) is 0 Å². The van der Waals surface area contributed by atoms with Gasteiger partial charge < -0.3 is 20.5 Å². The zero-order valence-corrected chi connectivity index (χ0v) is 12.9. The predicted molar refractivity (Wildman–Crippen MR) is 81.3 cm³/mol. The molecule has 1 aromatic carbocycles. The molecular weight excluding hydrogens is 268 g/mol. The highest BCUT2D eigenvalue weighted by Gasteiger charge is 2.26. The molecule has 0 radical (unpaired) electrons. The fourth-order valence-electron chi connectivity index (χ4n) is 2.66. The third-order valence-electron chi connectivity index (χ3n) is 3.74. The first-order valence-electron chi connectivity index (χ1n) is 7.40. The lowest BCUT2D eigenvalue weighted by Gasteiger charge is -2.30. The summed E-state index contributed by atoms with van der Waals surface area (Å²) >= 11 is 0. The smallest absolute Gasteiger partial charge is 0.246 e. The van der Waals surface area contributed by atoms with Gasteiger partial charge in [0.05, 0.1) is 12.6 Å². The maximum atomic E-state index is 11.8. The number of benzene rings is 1. The maximum Gasteiger partial charge on any atom is 0.246 e. The Balaban J connectivity index is 2.36. The number of fused-ring (bicyclic) bond motifs is 1. The van der Waals surface area contributed by atoms with Gasteiger partial charge >= 0.3 is 0 Å². The minimum absolute atomic E-state index is 0.0413. The summed E-state index contributed by atoms with van der Waals surface area (Å²) < 4.78 is 10.7. The van der Waals surface area contributed by atoms with E-state index in [-0.39, 0.29) is 24.6 Å². The van der Waals surface area contributed by atoms with Crippen molar-refractivity contribution < 1.29 is 14.3 Å². The predicted octanol–water partition coefficient (Wildman–Crippen LogP) is 1.85. The van der Waals surface area contributed by atoms with Gasteiger partial charge in [-0.25, -0.2) is 0 Å². The number of aryl methyl sites for hydroxylation is 1. The van der Waals surface area contributed by atoms with E-state index < -0.39 is 0 Å². The highest BCUT2D eigenvalue weighted by atomic mass is 16.5. The van der Waals surface area contributed by atoms with Crippen molar-refractivity contribution in [3.05, 3.63) is 28.8 Å². The van der Waals surface area contributed by atoms with E-state index in [2.05, 4.69) is 24.4 Å². The lowest BCUT2D eigenvalue weighted by Crippen LogP contribution is -2.34. The van der Waals surface area contributed by atoms with E-state index in [1.807, 2.05) is 6.92 Å². The zero-order chi connectivity index (χ0) is 15.4. The molecule has 3 N–H and O–H groups in total. The van der Waals surface area contributed by atoms with Gasteiger partial charge in [0.2, 0.25) is 5.91 Å². The molecule has 21 heavy (non-hydrogen) atoms. The topological polar surface area (TPSA) is 73.6 Å². The summed E-state index contributed by atoms with van der Waals surface area (Å²) in [7, 11) is 1.51. The summed E-state index contributed by atoms with van der Waals surface area (Å²) in [6, 6.07) is 4.07. The molecule has 0 spiro atoms. The Hall–Kier alpha value is -1.59. The average Bonchev–Trinajstić information content (AvgIpc) is 2.46. The van der Waals surface area contributed by atoms with Crippen molar-refractivity contribution in [2.75, 3.05) is 20.3 Å². The number of ether oxygens (including phenoxy) is 2. The van der Waals surface area contributed by atoms with E-state index in [0.29, 0.717) is 6.61 Å². The Bertz CT molecular complexity index is 514. The molecular formula is C16H24N2O3. The number of methoxy groups -OCH3 is 1. The Morgan fingerprint density at radius 1 is 1.57 bits per heavy atom. The highest BCUT2D eigenvalue weighted by Crippen LogP contribution is 2.38. The van der Waals surface area contributed by atoms with Crippen LogP contribution in [0.25, 0.3) is 0 Å². The Morgan fingerprint density at radius 3 is 2.95 bits per heavy atom. The van der Waals surface area contributed by atoms with Crippen molar-refractivity contribution in [1.82, 2.24) is 5.32 Å². The van der Waals surface area contributed by atoms with Crippen LogP contribution in [0.15, 0.2) is 12.1 Å². The summed E-state index contributed by atoms with van der Waals surface area (Å²) in [5.74, 6) is 0.718. The van der Waals surface area contributed by atoms with Gasteiger partial charge in [-0.1, -0.05) is 19.1 Å². The zero-order valence-electron chi connectivity index (χ0n) is 12.9. The molecule has 0 aliphatic carbocycles. The van der Waals surface area contributed by atoms with E-state index in [4.69, 9.17) is 15.2 Å². The molecule has 1 aromatic rings. The van der Waals surface area contributed by atoms with E-state index in [9.17, 15) is 4.79 Å². The number of hydrogen-bond donors (Lipinski definition) is 2. The summed E-state index contributed by atoms with van der Waals surface area (Å²) in [5, 5.41) is 3.01. The monoisotopic (exact) mass is 292 g/mol. The SMILES string of the molecule is CCc1cc(C(C)N)c2c(c1)C(NC(=O)COC)CCO2. The van der Waals surface area contributed by atoms with Crippen LogP contribution in [0.2, 0.25) is 0 Å². The summed E-state index contributed by atoms with van der Waals surface area (Å²) in [4.78, 5) is 11.8. The Kier molecular flexibility index (Phi) is 5.20. The first-order valence-corrected chi connectivity index (χ1v) is 7.40. The second-order valence-corrected chi connectivity index (χ2v) is 5.44. The normalized spacial score (nSPS) is 18.6. The highest BCUT2D eigenvalue weighted by molar-refractivity contribution is 5.78. The van der Waals surface area contributed by atoms with Gasteiger partial charge in [-0.05, 0) is 18.9 Å². The quantitative estimate of drug-likeness (QED) is 0.868. The van der Waals surface area contributed by atoms with Crippen molar-refractivity contribution in [2.24, 2.45) is 5.73 Å². The van der Waals surface area contributed by atoms with Crippen molar-refractivity contribution in [2.45, 2.75) is 38.8 Å². The summed E-state index contributed by atoms with van der Waals surface area (Å²) in [6.07, 6.45) is 1.68. The van der Waals surface area contributed by atoms with E-state index in [0.717, 1.165) is 29.7 Å². The van der Waals surface area contributed by atoms with Crippen LogP contribution < -0.4 is 15.8 Å². The molecule has 0 fully saturated rings. The lowest BCUT2D eigenvalue weighted by molar-refractivity contribution is -0.125. The molecule has 1 aliphatic heterocycles. The summed E-state index contributed by atoms with van der Waals surface area (Å²) in [6.45, 7) is 4.71. The third-order valence-corrected chi connectivity index (χ3v) is 3.74. The van der Waals surface area contributed by atoms with Gasteiger partial charge in [-0.3, -0.25) is 4.79 Å². The van der Waals surface area contributed by atoms with Gasteiger partial charge in [-0.2, -0.15) is 0 Å². The average molecular weight is 292 g/mol. The van der Waals surface area contributed by atoms with E-state index in [1.165, 1.54) is 12.7 Å². The van der Waals surface area contributed by atoms with Gasteiger partial charge in [0.1, 0.15) is 12.4 Å². The fourth-order valence-corrected chi connectivity index (χ4v) is 2.66. The number of rotatable bonds is 5. The first kappa shape index (κ1) is 15.8. The molecule has 0 bridgehead atoms. The second-order valence-electron chi connectivity index (χ2n) is 5.44. The molecule has 116 valence electrons. The molecule has 1 amide bonds. The van der Waals surface area contributed by atoms with Crippen LogP contribution in [0.3, 0.4) is 0 Å². The number of hydrogen-bond acceptors (Lipinski definition) is 4. The van der Waals surface area contributed by atoms with Crippen LogP contribution in [0.4, 0.5) is 0 Å². The van der Waals surface area contributed by atoms with Crippen molar-refractivity contribution in [3.63, 3.8) is 0 Å². The third kappa shape index (κ3) is 3.54. The number of nitrogens with two attached hydrogens (primary N) is 1. The molecule has 1 heterocycles. The molecule has 0 aromatic heterocycles. The van der Waals surface area contributed by atoms with Crippen LogP contribution >= 0.6 is 0 Å². The Morgan fingerprint density at radius 2 is 2.33 bits per heavy atom. The summed E-state index contributed by atoms with van der Waals surface area (Å²) in [5.41, 5.74) is 9.31. The van der Waals surface area contributed by atoms with Crippen molar-refractivity contribution in [3.8, 4) is 5.75 Å². The minimum atomic E-state index is -0.111. The van der Waals surface area contributed by atoms with Gasteiger partial charge in [0.15, 0.2) is 0 Å². The van der Waals surface area contributed by atoms with Crippen LogP contribution in [0.1, 0.15) is 49.0 Å². The van der Waals surface area contributed by atoms with Crippen molar-refractivity contribution >= 4 is 5.91 Å². The minimum Gasteiger partial charge on any atom is -0.493 e. The van der Waals surface area contributed by atoms with E-state index in [1.54, 1.807) is 0 Å². The number of carbonyl (C=O) groups excluding carboxylic acids is 1. The van der Waals surface area contributed by atoms with E-state index >= 15 is 0 Å². The molecule has 1 aliphatic rings. The largest absolute Gasteiger partial charge is 0.493 e. The first-order chi connectivity index (χ1) is 10.1.